The van der Waals surface area contributed by atoms with Gasteiger partial charge in [0.05, 0.1) is 0 Å². The molecule has 2 aliphatic carbocycles. The molecule has 110 valence electrons. The van der Waals surface area contributed by atoms with E-state index in [4.69, 9.17) is 0 Å². The Morgan fingerprint density at radius 3 is 2.57 bits per heavy atom. The Bertz CT molecular complexity index is 594. The lowest BCUT2D eigenvalue weighted by Crippen LogP contribution is -2.32. The summed E-state index contributed by atoms with van der Waals surface area (Å²) in [6.45, 7) is 4.68. The van der Waals surface area contributed by atoms with Gasteiger partial charge in [-0.3, -0.25) is 0 Å². The van der Waals surface area contributed by atoms with Crippen LogP contribution in [0.4, 0.5) is 0 Å². The Morgan fingerprint density at radius 2 is 1.90 bits per heavy atom. The summed E-state index contributed by atoms with van der Waals surface area (Å²) in [5.41, 5.74) is 5.03. The number of hydrogen-bond acceptors (Lipinski definition) is 0. The molecule has 0 nitrogen and oxygen atoms in total. The maximum atomic E-state index is 2.56. The normalized spacial score (nSPS) is 25.4. The summed E-state index contributed by atoms with van der Waals surface area (Å²) < 4.78 is 1.38. The second-order valence-corrected chi connectivity index (χ2v) is 7.95. The van der Waals surface area contributed by atoms with Gasteiger partial charge in [-0.05, 0) is 64.6 Å². The van der Waals surface area contributed by atoms with Gasteiger partial charge in [-0.15, -0.1) is 0 Å². The molecule has 2 heteroatoms. The van der Waals surface area contributed by atoms with E-state index in [0.29, 0.717) is 17.3 Å². The van der Waals surface area contributed by atoms with Crippen molar-refractivity contribution in [2.24, 2.45) is 5.92 Å². The summed E-state index contributed by atoms with van der Waals surface area (Å²) in [6.07, 6.45) is 12.5. The summed E-state index contributed by atoms with van der Waals surface area (Å²) in [5, 5.41) is 0. The van der Waals surface area contributed by atoms with E-state index in [1.807, 2.05) is 0 Å². The van der Waals surface area contributed by atoms with Gasteiger partial charge in [0.25, 0.3) is 0 Å². The Balaban J connectivity index is 2.20. The van der Waals surface area contributed by atoms with Gasteiger partial charge in [0.2, 0.25) is 0 Å². The minimum atomic E-state index is 0.358. The van der Waals surface area contributed by atoms with Crippen LogP contribution in [0.3, 0.4) is 0 Å². The molecular weight excluding hydrogens is 366 g/mol. The lowest BCUT2D eigenvalue weighted by molar-refractivity contribution is 0.277. The largest absolute Gasteiger partial charge is 0.138 e. The zero-order valence-electron chi connectivity index (χ0n) is 13.3. The highest BCUT2D eigenvalue weighted by Crippen LogP contribution is 2.57. The van der Waals surface area contributed by atoms with E-state index in [1.54, 1.807) is 11.1 Å². The van der Waals surface area contributed by atoms with E-state index in [2.05, 4.69) is 80.7 Å². The molecule has 0 saturated heterocycles. The fourth-order valence-corrected chi connectivity index (χ4v) is 5.16. The minimum Gasteiger partial charge on any atom is -0.0928 e. The zero-order valence-corrected chi connectivity index (χ0v) is 15.5. The molecular formula is C19H24BI. The highest BCUT2D eigenvalue weighted by molar-refractivity contribution is 14.1. The average molecular weight is 390 g/mol. The molecule has 0 radical (unpaired) electrons. The van der Waals surface area contributed by atoms with Crippen molar-refractivity contribution in [3.63, 3.8) is 0 Å². The highest BCUT2D eigenvalue weighted by atomic mass is 127. The van der Waals surface area contributed by atoms with Crippen molar-refractivity contribution in [3.05, 3.63) is 56.6 Å². The summed E-state index contributed by atoms with van der Waals surface area (Å²) in [6, 6.07) is 7.14. The van der Waals surface area contributed by atoms with Crippen LogP contribution in [0.15, 0.2) is 41.9 Å². The number of rotatable bonds is 4. The first kappa shape index (κ1) is 15.4. The Hall–Kier alpha value is -0.505. The molecule has 0 aromatic heterocycles. The number of allylic oxidation sites excluding steroid dienone is 4. The molecule has 0 spiro atoms. The molecule has 2 atom stereocenters. The van der Waals surface area contributed by atoms with Crippen LogP contribution >= 0.6 is 22.6 Å². The summed E-state index contributed by atoms with van der Waals surface area (Å²) in [5.74, 6) is 1.26. The molecule has 0 heterocycles. The van der Waals surface area contributed by atoms with Crippen LogP contribution in [-0.4, -0.2) is 7.85 Å². The molecule has 21 heavy (non-hydrogen) atoms. The van der Waals surface area contributed by atoms with Gasteiger partial charge in [-0.25, -0.2) is 0 Å². The van der Waals surface area contributed by atoms with Crippen LogP contribution in [0.2, 0.25) is 0 Å². The number of benzene rings is 1. The zero-order chi connectivity index (χ0) is 15.0. The maximum Gasteiger partial charge on any atom is 0.138 e. The van der Waals surface area contributed by atoms with Crippen LogP contribution < -0.4 is 0 Å². The van der Waals surface area contributed by atoms with E-state index >= 15 is 0 Å². The van der Waals surface area contributed by atoms with Crippen LogP contribution in [-0.2, 0) is 5.41 Å². The highest BCUT2D eigenvalue weighted by Gasteiger charge is 2.49. The van der Waals surface area contributed by atoms with Crippen LogP contribution in [0.25, 0.3) is 0 Å². The third-order valence-electron chi connectivity index (χ3n) is 5.34. The third-order valence-corrected chi connectivity index (χ3v) is 6.01. The van der Waals surface area contributed by atoms with Gasteiger partial charge in [0.15, 0.2) is 0 Å². The molecule has 0 aliphatic heterocycles. The van der Waals surface area contributed by atoms with Crippen molar-refractivity contribution >= 4 is 30.4 Å². The first-order chi connectivity index (χ1) is 10.1. The van der Waals surface area contributed by atoms with Gasteiger partial charge < -0.3 is 0 Å². The van der Waals surface area contributed by atoms with Crippen LogP contribution in [0, 0.1) is 9.49 Å². The standard InChI is InChI=1S/C19H24BI/c1-3-9-19(10-4-2)17-11-13(20)5-7-15(17)16-8-6-14(21)12-18(16)19/h5-8,11-12,15,17H,3-4,9-10,20H2,1-2H3. The van der Waals surface area contributed by atoms with Crippen molar-refractivity contribution in [1.29, 1.82) is 0 Å². The van der Waals surface area contributed by atoms with E-state index in [9.17, 15) is 0 Å². The fourth-order valence-electron chi connectivity index (χ4n) is 4.67. The number of fused-ring (bicyclic) bond motifs is 3. The molecule has 2 aliphatic rings. The Kier molecular flexibility index (Phi) is 4.36. The van der Waals surface area contributed by atoms with E-state index in [1.165, 1.54) is 34.7 Å². The minimum absolute atomic E-state index is 0.358. The van der Waals surface area contributed by atoms with Gasteiger partial charge >= 0.3 is 0 Å². The van der Waals surface area contributed by atoms with Crippen molar-refractivity contribution in [2.75, 3.05) is 0 Å². The summed E-state index contributed by atoms with van der Waals surface area (Å²) >= 11 is 2.47. The van der Waals surface area contributed by atoms with E-state index in [0.717, 1.165) is 0 Å². The quantitative estimate of drug-likeness (QED) is 0.505. The molecule has 2 unspecified atom stereocenters. The lowest BCUT2D eigenvalue weighted by atomic mass is 9.64. The second-order valence-electron chi connectivity index (χ2n) is 6.71. The molecule has 0 bridgehead atoms. The third kappa shape index (κ3) is 2.44. The average Bonchev–Trinajstić information content (AvgIpc) is 2.70. The first-order valence-corrected chi connectivity index (χ1v) is 9.37. The Labute approximate surface area is 143 Å². The summed E-state index contributed by atoms with van der Waals surface area (Å²) in [7, 11) is 2.25. The van der Waals surface area contributed by atoms with E-state index < -0.39 is 0 Å². The Morgan fingerprint density at radius 1 is 1.19 bits per heavy atom. The predicted molar refractivity (Wildman–Crippen MR) is 103 cm³/mol. The molecule has 1 aromatic carbocycles. The summed E-state index contributed by atoms with van der Waals surface area (Å²) in [4.78, 5) is 0. The predicted octanol–water partition coefficient (Wildman–Crippen LogP) is 4.93. The monoisotopic (exact) mass is 390 g/mol. The molecule has 0 N–H and O–H groups in total. The first-order valence-electron chi connectivity index (χ1n) is 8.29. The topological polar surface area (TPSA) is 0 Å². The number of hydrogen-bond donors (Lipinski definition) is 0. The van der Waals surface area contributed by atoms with Gasteiger partial charge in [-0.1, -0.05) is 56.5 Å². The molecule has 1 aromatic rings. The molecule has 0 amide bonds. The van der Waals surface area contributed by atoms with Crippen LogP contribution in [0.5, 0.6) is 0 Å². The molecule has 0 fully saturated rings. The van der Waals surface area contributed by atoms with Gasteiger partial charge in [0, 0.05) is 14.9 Å². The van der Waals surface area contributed by atoms with E-state index in [-0.39, 0.29) is 0 Å². The van der Waals surface area contributed by atoms with Crippen molar-refractivity contribution < 1.29 is 0 Å². The van der Waals surface area contributed by atoms with Gasteiger partial charge in [0.1, 0.15) is 7.85 Å². The van der Waals surface area contributed by atoms with Crippen LogP contribution in [0.1, 0.15) is 56.6 Å². The maximum absolute atomic E-state index is 2.56. The van der Waals surface area contributed by atoms with Crippen molar-refractivity contribution in [3.8, 4) is 0 Å². The van der Waals surface area contributed by atoms with Gasteiger partial charge in [-0.2, -0.15) is 0 Å². The fraction of sp³-hybridized carbons (Fsp3) is 0.474. The smallest absolute Gasteiger partial charge is 0.0928 e. The molecule has 0 saturated carbocycles. The number of halogens is 1. The SMILES string of the molecule is BC1=CC2C(C=C1)c1ccc(I)cc1C2(CCC)CCC. The van der Waals surface area contributed by atoms with Crippen molar-refractivity contribution in [2.45, 2.75) is 50.9 Å². The molecule has 3 rings (SSSR count). The lowest BCUT2D eigenvalue weighted by Gasteiger charge is -2.38. The van der Waals surface area contributed by atoms with Crippen molar-refractivity contribution in [1.82, 2.24) is 0 Å². The second kappa shape index (κ2) is 5.94.